The Balaban J connectivity index is 1.54. The minimum atomic E-state index is -0.513. The molecule has 11 nitrogen and oxygen atoms in total. The number of piperazine rings is 1. The molecule has 0 atom stereocenters. The summed E-state index contributed by atoms with van der Waals surface area (Å²) in [4.78, 5) is 29.1. The number of rotatable bonds is 3. The van der Waals surface area contributed by atoms with Gasteiger partial charge in [0.15, 0.2) is 5.65 Å². The van der Waals surface area contributed by atoms with E-state index in [1.165, 1.54) is 13.4 Å². The van der Waals surface area contributed by atoms with Crippen molar-refractivity contribution >= 4 is 28.6 Å². The van der Waals surface area contributed by atoms with Crippen molar-refractivity contribution in [3.05, 3.63) is 24.8 Å². The molecule has 164 valence electrons. The van der Waals surface area contributed by atoms with Crippen LogP contribution in [0.2, 0.25) is 0 Å². The number of nitrogens with two attached hydrogens (primary N) is 1. The van der Waals surface area contributed by atoms with Gasteiger partial charge in [-0.2, -0.15) is 0 Å². The third-order valence-electron chi connectivity index (χ3n) is 4.85. The number of ether oxygens (including phenoxy) is 2. The molecule has 2 N–H and O–H groups in total. The summed E-state index contributed by atoms with van der Waals surface area (Å²) >= 11 is 0. The highest BCUT2D eigenvalue weighted by Gasteiger charge is 2.27. The molecule has 4 heterocycles. The van der Waals surface area contributed by atoms with Gasteiger partial charge < -0.3 is 25.0 Å². The van der Waals surface area contributed by atoms with Crippen molar-refractivity contribution < 1.29 is 14.3 Å². The van der Waals surface area contributed by atoms with Crippen LogP contribution in [0.15, 0.2) is 24.8 Å². The van der Waals surface area contributed by atoms with Gasteiger partial charge in [-0.25, -0.2) is 24.4 Å². The molecule has 1 aliphatic heterocycles. The predicted octanol–water partition coefficient (Wildman–Crippen LogP) is 1.86. The Bertz CT molecular complexity index is 1100. The van der Waals surface area contributed by atoms with Gasteiger partial charge in [-0.3, -0.25) is 0 Å². The van der Waals surface area contributed by atoms with Crippen molar-refractivity contribution in [3.63, 3.8) is 0 Å². The van der Waals surface area contributed by atoms with E-state index in [1.54, 1.807) is 21.8 Å². The normalized spacial score (nSPS) is 14.7. The van der Waals surface area contributed by atoms with Gasteiger partial charge in [-0.15, -0.1) is 5.10 Å². The number of amides is 1. The van der Waals surface area contributed by atoms with Crippen LogP contribution in [-0.4, -0.2) is 74.6 Å². The molecular weight excluding hydrogens is 400 g/mol. The third kappa shape index (κ3) is 4.30. The first kappa shape index (κ1) is 20.6. The van der Waals surface area contributed by atoms with Crippen molar-refractivity contribution in [1.82, 2.24) is 29.6 Å². The number of nitrogen functional groups attached to an aromatic ring is 1. The lowest BCUT2D eigenvalue weighted by Gasteiger charge is -2.36. The fourth-order valence-corrected chi connectivity index (χ4v) is 3.39. The van der Waals surface area contributed by atoms with Crippen LogP contribution in [0.4, 0.5) is 16.3 Å². The molecule has 0 bridgehead atoms. The second-order valence-corrected chi connectivity index (χ2v) is 8.25. The average Bonchev–Trinajstić information content (AvgIpc) is 3.17. The Kier molecular flexibility index (Phi) is 5.25. The van der Waals surface area contributed by atoms with Gasteiger partial charge in [0.25, 0.3) is 0 Å². The van der Waals surface area contributed by atoms with Crippen molar-refractivity contribution in [2.45, 2.75) is 26.4 Å². The molecule has 0 aliphatic carbocycles. The molecule has 3 aromatic heterocycles. The predicted molar refractivity (Wildman–Crippen MR) is 115 cm³/mol. The van der Waals surface area contributed by atoms with Crippen molar-refractivity contribution in [2.24, 2.45) is 0 Å². The number of methoxy groups -OCH3 is 1. The van der Waals surface area contributed by atoms with E-state index in [-0.39, 0.29) is 6.09 Å². The van der Waals surface area contributed by atoms with E-state index in [2.05, 4.69) is 25.0 Å². The fourth-order valence-electron chi connectivity index (χ4n) is 3.39. The Morgan fingerprint density at radius 3 is 2.52 bits per heavy atom. The summed E-state index contributed by atoms with van der Waals surface area (Å²) in [6.07, 6.45) is 4.69. The molecule has 4 rings (SSSR count). The minimum Gasteiger partial charge on any atom is -0.480 e. The monoisotopic (exact) mass is 426 g/mol. The maximum Gasteiger partial charge on any atom is 0.410 e. The second-order valence-electron chi connectivity index (χ2n) is 8.25. The quantitative estimate of drug-likeness (QED) is 0.668. The molecular formula is C20H26N8O3. The van der Waals surface area contributed by atoms with E-state index in [9.17, 15) is 4.79 Å². The highest BCUT2D eigenvalue weighted by Crippen LogP contribution is 2.26. The van der Waals surface area contributed by atoms with Crippen LogP contribution in [0.1, 0.15) is 20.8 Å². The number of fused-ring (bicyclic) bond motifs is 1. The van der Waals surface area contributed by atoms with Crippen LogP contribution in [0, 0.1) is 0 Å². The maximum absolute atomic E-state index is 12.3. The van der Waals surface area contributed by atoms with Crippen LogP contribution in [0.25, 0.3) is 16.7 Å². The summed E-state index contributed by atoms with van der Waals surface area (Å²) in [6, 6.07) is 1.74. The maximum atomic E-state index is 12.3. The minimum absolute atomic E-state index is 0.294. The Morgan fingerprint density at radius 2 is 1.87 bits per heavy atom. The lowest BCUT2D eigenvalue weighted by molar-refractivity contribution is 0.0240. The number of carbonyl (C=O) groups is 1. The highest BCUT2D eigenvalue weighted by molar-refractivity contribution is 5.87. The Labute approximate surface area is 179 Å². The molecule has 0 saturated carbocycles. The molecule has 0 unspecified atom stereocenters. The zero-order chi connectivity index (χ0) is 22.2. The summed E-state index contributed by atoms with van der Waals surface area (Å²) in [7, 11) is 1.52. The van der Waals surface area contributed by atoms with Gasteiger partial charge in [-0.1, -0.05) is 0 Å². The van der Waals surface area contributed by atoms with E-state index in [0.29, 0.717) is 49.1 Å². The van der Waals surface area contributed by atoms with Crippen LogP contribution in [-0.2, 0) is 4.74 Å². The number of hydrogen-bond acceptors (Lipinski definition) is 9. The van der Waals surface area contributed by atoms with Gasteiger partial charge in [0.05, 0.1) is 30.1 Å². The van der Waals surface area contributed by atoms with Gasteiger partial charge in [0.1, 0.15) is 17.7 Å². The largest absolute Gasteiger partial charge is 0.480 e. The van der Waals surface area contributed by atoms with Crippen molar-refractivity contribution in [1.29, 1.82) is 0 Å². The van der Waals surface area contributed by atoms with Gasteiger partial charge in [-0.05, 0) is 26.8 Å². The third-order valence-corrected chi connectivity index (χ3v) is 4.85. The summed E-state index contributed by atoms with van der Waals surface area (Å²) in [5, 5.41) is 5.34. The molecule has 0 radical (unpaired) electrons. The van der Waals surface area contributed by atoms with Crippen LogP contribution in [0.5, 0.6) is 5.88 Å². The number of carbonyl (C=O) groups excluding carboxylic acids is 1. The first-order chi connectivity index (χ1) is 14.7. The molecule has 0 aromatic carbocycles. The highest BCUT2D eigenvalue weighted by atomic mass is 16.6. The van der Waals surface area contributed by atoms with Crippen molar-refractivity contribution in [2.75, 3.05) is 43.9 Å². The first-order valence-corrected chi connectivity index (χ1v) is 9.98. The van der Waals surface area contributed by atoms with E-state index in [0.717, 1.165) is 11.2 Å². The standard InChI is InChI=1S/C20H26N8O3/c1-20(2,3)31-19(29)27-7-5-26(6-8-27)17-14-11-28(25-16(14)23-12-24-17)13-9-15(21)18(30-4)22-10-13/h9-12H,5-8,21H2,1-4H3. The van der Waals surface area contributed by atoms with Crippen LogP contribution >= 0.6 is 0 Å². The molecule has 3 aromatic rings. The van der Waals surface area contributed by atoms with Crippen LogP contribution < -0.4 is 15.4 Å². The first-order valence-electron chi connectivity index (χ1n) is 9.98. The van der Waals surface area contributed by atoms with Gasteiger partial charge in [0, 0.05) is 32.4 Å². The average molecular weight is 426 g/mol. The second kappa shape index (κ2) is 7.89. The summed E-state index contributed by atoms with van der Waals surface area (Å²) < 4.78 is 12.3. The number of pyridine rings is 1. The molecule has 31 heavy (non-hydrogen) atoms. The number of anilines is 2. The SMILES string of the molecule is COc1ncc(-n2cc3c(N4CCN(C(=O)OC(C)(C)C)CC4)ncnc3n2)cc1N. The van der Waals surface area contributed by atoms with E-state index >= 15 is 0 Å². The molecule has 1 fully saturated rings. The van der Waals surface area contributed by atoms with E-state index in [4.69, 9.17) is 15.2 Å². The Morgan fingerprint density at radius 1 is 1.13 bits per heavy atom. The molecule has 1 saturated heterocycles. The van der Waals surface area contributed by atoms with E-state index < -0.39 is 5.60 Å². The smallest absolute Gasteiger partial charge is 0.410 e. The summed E-state index contributed by atoms with van der Waals surface area (Å²) in [5.41, 5.74) is 7.14. The number of aromatic nitrogens is 5. The molecule has 0 spiro atoms. The topological polar surface area (TPSA) is 125 Å². The van der Waals surface area contributed by atoms with Crippen molar-refractivity contribution in [3.8, 4) is 11.6 Å². The Hall–Kier alpha value is -3.63. The van der Waals surface area contributed by atoms with Gasteiger partial charge >= 0.3 is 6.09 Å². The number of nitrogens with zero attached hydrogens (tertiary/aromatic N) is 7. The van der Waals surface area contributed by atoms with Crippen LogP contribution in [0.3, 0.4) is 0 Å². The summed E-state index contributed by atoms with van der Waals surface area (Å²) in [6.45, 7) is 7.95. The lowest BCUT2D eigenvalue weighted by Crippen LogP contribution is -2.50. The lowest BCUT2D eigenvalue weighted by atomic mass is 10.2. The summed E-state index contributed by atoms with van der Waals surface area (Å²) in [5.74, 6) is 1.14. The van der Waals surface area contributed by atoms with E-state index in [1.807, 2.05) is 27.0 Å². The van der Waals surface area contributed by atoms with Gasteiger partial charge in [0.2, 0.25) is 5.88 Å². The fraction of sp³-hybridized carbons (Fsp3) is 0.450. The number of hydrogen-bond donors (Lipinski definition) is 1. The zero-order valence-electron chi connectivity index (χ0n) is 18.1. The molecule has 1 amide bonds. The molecule has 11 heteroatoms. The zero-order valence-corrected chi connectivity index (χ0v) is 18.1. The molecule has 1 aliphatic rings.